The molecule has 0 aromatic carbocycles. The van der Waals surface area contributed by atoms with E-state index in [0.717, 1.165) is 31.8 Å². The van der Waals surface area contributed by atoms with Crippen molar-refractivity contribution in [1.82, 2.24) is 9.80 Å². The molecule has 3 unspecified atom stereocenters. The highest BCUT2D eigenvalue weighted by molar-refractivity contribution is 5.84. The zero-order chi connectivity index (χ0) is 13.2. The van der Waals surface area contributed by atoms with Gasteiger partial charge in [-0.3, -0.25) is 14.6 Å². The van der Waals surface area contributed by atoms with E-state index in [1.807, 2.05) is 0 Å². The summed E-state index contributed by atoms with van der Waals surface area (Å²) in [6.07, 6.45) is 9.62. The van der Waals surface area contributed by atoms with E-state index >= 15 is 0 Å². The third-order valence-corrected chi connectivity index (χ3v) is 5.41. The van der Waals surface area contributed by atoms with Crippen molar-refractivity contribution in [2.75, 3.05) is 19.6 Å². The molecule has 108 valence electrons. The van der Waals surface area contributed by atoms with E-state index in [0.29, 0.717) is 11.8 Å². The maximum absolute atomic E-state index is 12.4. The van der Waals surface area contributed by atoms with Crippen molar-refractivity contribution < 1.29 is 4.79 Å². The van der Waals surface area contributed by atoms with E-state index in [2.05, 4.69) is 16.7 Å². The maximum Gasteiger partial charge on any atom is 0.149 e. The predicted molar refractivity (Wildman–Crippen MR) is 77.3 cm³/mol. The third-order valence-electron chi connectivity index (χ3n) is 5.41. The molecule has 2 saturated heterocycles. The van der Waals surface area contributed by atoms with Gasteiger partial charge in [-0.05, 0) is 39.2 Å². The highest BCUT2D eigenvalue weighted by Gasteiger charge is 2.38. The smallest absolute Gasteiger partial charge is 0.149 e. The number of Topliss-reactive ketones (excluding diaryl/α,β-unsaturated/α-hetero) is 1. The molecule has 19 heavy (non-hydrogen) atoms. The number of hydrogen-bond donors (Lipinski definition) is 0. The van der Waals surface area contributed by atoms with Gasteiger partial charge in [0, 0.05) is 31.6 Å². The fourth-order valence-corrected chi connectivity index (χ4v) is 4.30. The van der Waals surface area contributed by atoms with Crippen molar-refractivity contribution in [3.05, 3.63) is 0 Å². The summed E-state index contributed by atoms with van der Waals surface area (Å²) in [5, 5.41) is 0. The van der Waals surface area contributed by atoms with Crippen molar-refractivity contribution >= 4 is 5.78 Å². The van der Waals surface area contributed by atoms with Crippen LogP contribution in [0.2, 0.25) is 0 Å². The molecule has 2 aliphatic heterocycles. The molecule has 3 aliphatic rings. The number of carbonyl (C=O) groups is 1. The number of rotatable bonds is 1. The average molecular weight is 264 g/mol. The average Bonchev–Trinajstić information content (AvgIpc) is 2.63. The van der Waals surface area contributed by atoms with Crippen LogP contribution in [0.15, 0.2) is 0 Å². The molecule has 3 rings (SSSR count). The van der Waals surface area contributed by atoms with E-state index < -0.39 is 0 Å². The summed E-state index contributed by atoms with van der Waals surface area (Å²) >= 11 is 0. The molecule has 0 bridgehead atoms. The molecule has 0 amide bonds. The molecule has 0 aromatic heterocycles. The molecule has 3 fully saturated rings. The molecule has 0 radical (unpaired) electrons. The first kappa shape index (κ1) is 13.6. The predicted octanol–water partition coefficient (Wildman–Crippen LogP) is 2.45. The van der Waals surface area contributed by atoms with Gasteiger partial charge in [0.15, 0.2) is 0 Å². The molecule has 0 spiro atoms. The Morgan fingerprint density at radius 1 is 1.00 bits per heavy atom. The fraction of sp³-hybridized carbons (Fsp3) is 0.938. The zero-order valence-electron chi connectivity index (χ0n) is 12.3. The van der Waals surface area contributed by atoms with E-state index in [1.54, 1.807) is 0 Å². The molecule has 1 saturated carbocycles. The molecule has 3 heteroatoms. The van der Waals surface area contributed by atoms with E-state index in [9.17, 15) is 4.79 Å². The standard InChI is InChI=1S/C16H28N2O/c1-13-11-17-10-6-5-7-14(17)12-18(13)15-8-3-2-4-9-16(15)19/h13-15H,2-12H2,1H3. The van der Waals surface area contributed by atoms with Gasteiger partial charge in [0.25, 0.3) is 0 Å². The largest absolute Gasteiger partial charge is 0.298 e. The fourth-order valence-electron chi connectivity index (χ4n) is 4.30. The molecule has 3 atom stereocenters. The summed E-state index contributed by atoms with van der Waals surface area (Å²) in [4.78, 5) is 17.6. The second kappa shape index (κ2) is 5.92. The Bertz CT molecular complexity index is 331. The molecule has 0 N–H and O–H groups in total. The first-order chi connectivity index (χ1) is 9.25. The number of nitrogens with zero attached hydrogens (tertiary/aromatic N) is 2. The van der Waals surface area contributed by atoms with Crippen LogP contribution in [0.25, 0.3) is 0 Å². The van der Waals surface area contributed by atoms with Crippen LogP contribution in [-0.4, -0.2) is 53.3 Å². The Balaban J connectivity index is 1.70. The van der Waals surface area contributed by atoms with Crippen LogP contribution in [0.5, 0.6) is 0 Å². The minimum absolute atomic E-state index is 0.238. The van der Waals surface area contributed by atoms with Crippen molar-refractivity contribution in [2.45, 2.75) is 76.4 Å². The zero-order valence-corrected chi connectivity index (χ0v) is 12.3. The monoisotopic (exact) mass is 264 g/mol. The molecular formula is C16H28N2O. The summed E-state index contributed by atoms with van der Waals surface area (Å²) in [5.41, 5.74) is 0. The van der Waals surface area contributed by atoms with Crippen molar-refractivity contribution in [2.24, 2.45) is 0 Å². The lowest BCUT2D eigenvalue weighted by atomic mass is 9.94. The van der Waals surface area contributed by atoms with Crippen molar-refractivity contribution in [3.8, 4) is 0 Å². The highest BCUT2D eigenvalue weighted by atomic mass is 16.1. The van der Waals surface area contributed by atoms with Gasteiger partial charge in [-0.25, -0.2) is 0 Å². The SMILES string of the molecule is CC1CN2CCCCC2CN1C1CCCCCC1=O. The first-order valence-corrected chi connectivity index (χ1v) is 8.28. The normalized spacial score (nSPS) is 38.8. The van der Waals surface area contributed by atoms with Crippen LogP contribution in [0, 0.1) is 0 Å². The number of fused-ring (bicyclic) bond motifs is 1. The quantitative estimate of drug-likeness (QED) is 0.680. The van der Waals surface area contributed by atoms with Crippen molar-refractivity contribution in [3.63, 3.8) is 0 Å². The summed E-state index contributed by atoms with van der Waals surface area (Å²) in [7, 11) is 0. The van der Waals surface area contributed by atoms with Crippen LogP contribution in [-0.2, 0) is 4.79 Å². The van der Waals surface area contributed by atoms with Gasteiger partial charge in [-0.2, -0.15) is 0 Å². The maximum atomic E-state index is 12.4. The van der Waals surface area contributed by atoms with Gasteiger partial charge in [0.1, 0.15) is 5.78 Å². The molecule has 2 heterocycles. The number of piperidine rings is 1. The van der Waals surface area contributed by atoms with Gasteiger partial charge < -0.3 is 0 Å². The van der Waals surface area contributed by atoms with Crippen molar-refractivity contribution in [1.29, 1.82) is 0 Å². The second-order valence-electron chi connectivity index (χ2n) is 6.77. The molecular weight excluding hydrogens is 236 g/mol. The number of carbonyl (C=O) groups excluding carboxylic acids is 1. The van der Waals surface area contributed by atoms with Gasteiger partial charge in [-0.1, -0.05) is 19.3 Å². The van der Waals surface area contributed by atoms with Gasteiger partial charge in [0.05, 0.1) is 6.04 Å². The Hall–Kier alpha value is -0.410. The van der Waals surface area contributed by atoms with E-state index in [4.69, 9.17) is 0 Å². The Morgan fingerprint density at radius 2 is 1.84 bits per heavy atom. The summed E-state index contributed by atoms with van der Waals surface area (Å²) in [6, 6.07) is 1.52. The summed E-state index contributed by atoms with van der Waals surface area (Å²) in [6.45, 7) is 5.91. The Morgan fingerprint density at radius 3 is 2.74 bits per heavy atom. The third kappa shape index (κ3) is 2.87. The number of ketones is 1. The minimum atomic E-state index is 0.238. The van der Waals surface area contributed by atoms with Crippen LogP contribution in [0.1, 0.15) is 58.3 Å². The molecule has 1 aliphatic carbocycles. The van der Waals surface area contributed by atoms with Crippen LogP contribution >= 0.6 is 0 Å². The van der Waals surface area contributed by atoms with Crippen LogP contribution in [0.4, 0.5) is 0 Å². The molecule has 3 nitrogen and oxygen atoms in total. The van der Waals surface area contributed by atoms with Gasteiger partial charge in [0.2, 0.25) is 0 Å². The molecule has 0 aromatic rings. The number of hydrogen-bond acceptors (Lipinski definition) is 3. The topological polar surface area (TPSA) is 23.6 Å². The van der Waals surface area contributed by atoms with Gasteiger partial charge >= 0.3 is 0 Å². The second-order valence-corrected chi connectivity index (χ2v) is 6.77. The highest BCUT2D eigenvalue weighted by Crippen LogP contribution is 2.28. The summed E-state index contributed by atoms with van der Waals surface area (Å²) < 4.78 is 0. The van der Waals surface area contributed by atoms with E-state index in [-0.39, 0.29) is 6.04 Å². The van der Waals surface area contributed by atoms with Crippen LogP contribution < -0.4 is 0 Å². The Kier molecular flexibility index (Phi) is 4.23. The Labute approximate surface area is 117 Å². The first-order valence-electron chi connectivity index (χ1n) is 8.28. The minimum Gasteiger partial charge on any atom is -0.298 e. The number of piperazine rings is 1. The lowest BCUT2D eigenvalue weighted by Gasteiger charge is -2.49. The van der Waals surface area contributed by atoms with Crippen LogP contribution in [0.3, 0.4) is 0 Å². The lowest BCUT2D eigenvalue weighted by Crippen LogP contribution is -2.62. The van der Waals surface area contributed by atoms with E-state index in [1.165, 1.54) is 45.2 Å². The lowest BCUT2D eigenvalue weighted by molar-refractivity contribution is -0.127. The van der Waals surface area contributed by atoms with Gasteiger partial charge in [-0.15, -0.1) is 0 Å². The summed E-state index contributed by atoms with van der Waals surface area (Å²) in [5.74, 6) is 0.522.